The lowest BCUT2D eigenvalue weighted by Gasteiger charge is -2.28. The van der Waals surface area contributed by atoms with Crippen LogP contribution in [0.25, 0.3) is 0 Å². The van der Waals surface area contributed by atoms with Gasteiger partial charge in [0.2, 0.25) is 17.7 Å². The van der Waals surface area contributed by atoms with Gasteiger partial charge < -0.3 is 40.2 Å². The molecule has 0 aromatic heterocycles. The highest BCUT2D eigenvalue weighted by Gasteiger charge is 2.33. The maximum atomic E-state index is 13.4. The number of esters is 3. The number of hydrogen-bond donors (Lipinski definition) is 4. The van der Waals surface area contributed by atoms with Gasteiger partial charge in [-0.15, -0.1) is 0 Å². The number of carbonyl (C=O) groups excluding carboxylic acids is 7. The van der Waals surface area contributed by atoms with E-state index < -0.39 is 84.9 Å². The Balaban J connectivity index is 3.13. The smallest absolute Gasteiger partial charge is 0.408 e. The van der Waals surface area contributed by atoms with Crippen molar-refractivity contribution in [3.05, 3.63) is 35.9 Å². The van der Waals surface area contributed by atoms with Gasteiger partial charge in [-0.25, -0.2) is 4.79 Å². The van der Waals surface area contributed by atoms with Crippen LogP contribution in [0.1, 0.15) is 51.5 Å². The Hall–Kier alpha value is -4.76. The standard InChI is InChI=1S/C30H43FN4O11/c1-18(2)26(29(41)32-20(13-14-31)15-24(37)44-4)35-27(39)21(11-12-23(36)43-3)33-28(40)22(16-25(38)45-5)34-30(42)46-17-19-9-7-6-8-10-19/h6-10,18,20-22,26H,11-17H2,1-5H3,(H,32,41)(H,33,40)(H,34,42)(H,35,39)/t20-,21+,22+,26+/m1/s1. The predicted octanol–water partition coefficient (Wildman–Crippen LogP) is 0.831. The van der Waals surface area contributed by atoms with Crippen molar-refractivity contribution in [1.82, 2.24) is 21.3 Å². The molecule has 0 fully saturated rings. The molecule has 46 heavy (non-hydrogen) atoms. The molecule has 0 heterocycles. The van der Waals surface area contributed by atoms with Crippen LogP contribution in [0.2, 0.25) is 0 Å². The van der Waals surface area contributed by atoms with Gasteiger partial charge in [0.05, 0.1) is 40.8 Å². The van der Waals surface area contributed by atoms with Crippen LogP contribution in [-0.4, -0.2) is 93.9 Å². The van der Waals surface area contributed by atoms with Crippen molar-refractivity contribution in [2.75, 3.05) is 28.0 Å². The van der Waals surface area contributed by atoms with Crippen LogP contribution in [0.4, 0.5) is 9.18 Å². The Labute approximate surface area is 266 Å². The van der Waals surface area contributed by atoms with Gasteiger partial charge >= 0.3 is 24.0 Å². The molecule has 0 aliphatic heterocycles. The Morgan fingerprint density at radius 1 is 0.696 bits per heavy atom. The second-order valence-electron chi connectivity index (χ2n) is 10.4. The molecule has 4 amide bonds. The van der Waals surface area contributed by atoms with E-state index in [0.717, 1.165) is 21.3 Å². The van der Waals surface area contributed by atoms with E-state index in [9.17, 15) is 38.0 Å². The maximum Gasteiger partial charge on any atom is 0.408 e. The van der Waals surface area contributed by atoms with E-state index in [1.165, 1.54) is 0 Å². The van der Waals surface area contributed by atoms with Crippen LogP contribution in [0.15, 0.2) is 30.3 Å². The minimum atomic E-state index is -1.55. The summed E-state index contributed by atoms with van der Waals surface area (Å²) in [6, 6.07) is 3.56. The van der Waals surface area contributed by atoms with Crippen molar-refractivity contribution in [2.45, 2.75) is 76.7 Å². The highest BCUT2D eigenvalue weighted by molar-refractivity contribution is 5.95. The number of hydrogen-bond acceptors (Lipinski definition) is 11. The van der Waals surface area contributed by atoms with Crippen molar-refractivity contribution in [3.8, 4) is 0 Å². The largest absolute Gasteiger partial charge is 0.469 e. The maximum absolute atomic E-state index is 13.4. The number of nitrogens with one attached hydrogen (secondary N) is 4. The lowest BCUT2D eigenvalue weighted by molar-refractivity contribution is -0.144. The number of rotatable bonds is 19. The summed E-state index contributed by atoms with van der Waals surface area (Å²) in [6.45, 7) is 2.28. The highest BCUT2D eigenvalue weighted by Crippen LogP contribution is 2.09. The molecule has 4 N–H and O–H groups in total. The van der Waals surface area contributed by atoms with Gasteiger partial charge in [0, 0.05) is 12.5 Å². The third kappa shape index (κ3) is 14.8. The van der Waals surface area contributed by atoms with E-state index in [1.807, 2.05) is 0 Å². The lowest BCUT2D eigenvalue weighted by Crippen LogP contribution is -2.58. The predicted molar refractivity (Wildman–Crippen MR) is 159 cm³/mol. The first-order valence-corrected chi connectivity index (χ1v) is 14.5. The third-order valence-electron chi connectivity index (χ3n) is 6.61. The van der Waals surface area contributed by atoms with Gasteiger partial charge in [-0.1, -0.05) is 44.2 Å². The summed E-state index contributed by atoms with van der Waals surface area (Å²) in [7, 11) is 3.36. The molecule has 0 saturated carbocycles. The molecule has 4 atom stereocenters. The third-order valence-corrected chi connectivity index (χ3v) is 6.61. The normalized spacial score (nSPS) is 13.2. The van der Waals surface area contributed by atoms with Crippen molar-refractivity contribution in [3.63, 3.8) is 0 Å². The minimum absolute atomic E-state index is 0.131. The lowest BCUT2D eigenvalue weighted by atomic mass is 10.0. The Morgan fingerprint density at radius 2 is 1.28 bits per heavy atom. The van der Waals surface area contributed by atoms with E-state index in [0.29, 0.717) is 5.56 Å². The molecule has 0 aliphatic rings. The summed E-state index contributed by atoms with van der Waals surface area (Å²) in [5, 5.41) is 9.73. The minimum Gasteiger partial charge on any atom is -0.469 e. The van der Waals surface area contributed by atoms with Crippen molar-refractivity contribution < 1.29 is 56.9 Å². The van der Waals surface area contributed by atoms with Gasteiger partial charge in [0.15, 0.2) is 0 Å². The zero-order valence-corrected chi connectivity index (χ0v) is 26.6. The van der Waals surface area contributed by atoms with E-state index in [1.54, 1.807) is 44.2 Å². The molecule has 0 saturated heterocycles. The zero-order chi connectivity index (χ0) is 34.6. The molecular formula is C30H43FN4O11. The van der Waals surface area contributed by atoms with Crippen LogP contribution in [-0.2, 0) is 54.3 Å². The average molecular weight is 655 g/mol. The van der Waals surface area contributed by atoms with Crippen LogP contribution in [0, 0.1) is 5.92 Å². The summed E-state index contributed by atoms with van der Waals surface area (Å²) in [5.41, 5.74) is 0.663. The van der Waals surface area contributed by atoms with Gasteiger partial charge in [0.25, 0.3) is 0 Å². The van der Waals surface area contributed by atoms with Crippen molar-refractivity contribution in [1.29, 1.82) is 0 Å². The van der Waals surface area contributed by atoms with Crippen LogP contribution >= 0.6 is 0 Å². The number of benzene rings is 1. The zero-order valence-electron chi connectivity index (χ0n) is 26.6. The number of amides is 4. The van der Waals surface area contributed by atoms with Gasteiger partial charge in [-0.3, -0.25) is 33.2 Å². The highest BCUT2D eigenvalue weighted by atomic mass is 19.1. The van der Waals surface area contributed by atoms with E-state index >= 15 is 0 Å². The molecular weight excluding hydrogens is 611 g/mol. The summed E-state index contributed by atoms with van der Waals surface area (Å²) in [5.74, 6) is -5.34. The number of methoxy groups -OCH3 is 3. The van der Waals surface area contributed by atoms with Gasteiger partial charge in [-0.05, 0) is 24.3 Å². The van der Waals surface area contributed by atoms with Crippen LogP contribution in [0.3, 0.4) is 0 Å². The molecule has 1 rings (SSSR count). The van der Waals surface area contributed by atoms with E-state index in [2.05, 4.69) is 35.5 Å². The molecule has 0 radical (unpaired) electrons. The number of carbonyl (C=O) groups is 7. The van der Waals surface area contributed by atoms with Gasteiger partial charge in [0.1, 0.15) is 24.7 Å². The van der Waals surface area contributed by atoms with Crippen molar-refractivity contribution >= 4 is 41.7 Å². The fourth-order valence-corrected chi connectivity index (χ4v) is 3.99. The van der Waals surface area contributed by atoms with Crippen LogP contribution < -0.4 is 21.3 Å². The Kier molecular flexibility index (Phi) is 18.0. The van der Waals surface area contributed by atoms with Crippen LogP contribution in [0.5, 0.6) is 0 Å². The Bertz CT molecular complexity index is 1180. The molecule has 1 aromatic rings. The molecule has 0 bridgehead atoms. The topological polar surface area (TPSA) is 205 Å². The molecule has 1 aromatic carbocycles. The van der Waals surface area contributed by atoms with E-state index in [4.69, 9.17) is 4.74 Å². The number of alkyl carbamates (subject to hydrolysis) is 1. The fourth-order valence-electron chi connectivity index (χ4n) is 3.99. The summed E-state index contributed by atoms with van der Waals surface area (Å²) in [6.07, 6.45) is -2.74. The first kappa shape index (κ1) is 39.3. The summed E-state index contributed by atoms with van der Waals surface area (Å²) in [4.78, 5) is 87.9. The first-order chi connectivity index (χ1) is 21.8. The summed E-state index contributed by atoms with van der Waals surface area (Å²) >= 11 is 0. The monoisotopic (exact) mass is 654 g/mol. The molecule has 0 spiro atoms. The average Bonchev–Trinajstić information content (AvgIpc) is 3.03. The number of halogens is 1. The Morgan fingerprint density at radius 3 is 1.85 bits per heavy atom. The van der Waals surface area contributed by atoms with Gasteiger partial charge in [-0.2, -0.15) is 0 Å². The fraction of sp³-hybridized carbons (Fsp3) is 0.567. The van der Waals surface area contributed by atoms with E-state index in [-0.39, 0.29) is 32.3 Å². The second kappa shape index (κ2) is 21.1. The van der Waals surface area contributed by atoms with Crippen molar-refractivity contribution in [2.24, 2.45) is 5.92 Å². The molecule has 256 valence electrons. The molecule has 16 heteroatoms. The molecule has 0 unspecified atom stereocenters. The molecule has 15 nitrogen and oxygen atoms in total. The summed E-state index contributed by atoms with van der Waals surface area (Å²) < 4.78 is 32.1. The number of ether oxygens (including phenoxy) is 4. The number of alkyl halides is 1. The quantitative estimate of drug-likeness (QED) is 0.121. The molecule has 0 aliphatic carbocycles. The first-order valence-electron chi connectivity index (χ1n) is 14.5. The SMILES string of the molecule is COC(=O)CC[C@H](NC(=O)[C@H](CC(=O)OC)NC(=O)OCc1ccccc1)C(=O)N[C@H](C(=O)N[C@H](CCF)CC(=O)OC)C(C)C. The second-order valence-corrected chi connectivity index (χ2v) is 10.4.